The van der Waals surface area contributed by atoms with E-state index in [-0.39, 0.29) is 17.9 Å². The summed E-state index contributed by atoms with van der Waals surface area (Å²) >= 11 is 0. The lowest BCUT2D eigenvalue weighted by molar-refractivity contribution is 0.329. The molecule has 0 atom stereocenters. The van der Waals surface area contributed by atoms with E-state index in [1.165, 1.54) is 6.07 Å². The summed E-state index contributed by atoms with van der Waals surface area (Å²) in [4.78, 5) is 4.23. The van der Waals surface area contributed by atoms with E-state index in [0.29, 0.717) is 18.0 Å². The predicted octanol–water partition coefficient (Wildman–Crippen LogP) is 3.56. The first kappa shape index (κ1) is 20.7. The van der Waals surface area contributed by atoms with Gasteiger partial charge in [-0.15, -0.1) is 0 Å². The molecule has 0 radical (unpaired) electrons. The number of rotatable bonds is 6. The fraction of sp³-hybridized carbons (Fsp3) is 0.579. The lowest BCUT2D eigenvalue weighted by Gasteiger charge is -2.29. The number of nitrogens with one attached hydrogen (secondary N) is 2. The van der Waals surface area contributed by atoms with E-state index in [9.17, 15) is 12.8 Å². The van der Waals surface area contributed by atoms with Crippen LogP contribution >= 0.6 is 0 Å². The Morgan fingerprint density at radius 2 is 1.86 bits per heavy atom. The minimum atomic E-state index is -3.32. The van der Waals surface area contributed by atoms with Gasteiger partial charge in [0.25, 0.3) is 0 Å². The van der Waals surface area contributed by atoms with E-state index in [0.717, 1.165) is 25.7 Å². The van der Waals surface area contributed by atoms with Gasteiger partial charge in [0.05, 0.1) is 10.3 Å². The van der Waals surface area contributed by atoms with Gasteiger partial charge in [0.1, 0.15) is 5.82 Å². The van der Waals surface area contributed by atoms with Crippen LogP contribution in [-0.4, -0.2) is 35.9 Å². The fourth-order valence-electron chi connectivity index (χ4n) is 3.16. The molecule has 0 amide bonds. The number of anilines is 1. The quantitative estimate of drug-likeness (QED) is 0.756. The third kappa shape index (κ3) is 4.88. The molecule has 0 aliphatic heterocycles. The minimum absolute atomic E-state index is 0.171. The van der Waals surface area contributed by atoms with Crippen LogP contribution in [-0.2, 0) is 10.0 Å². The first-order valence-corrected chi connectivity index (χ1v) is 11.0. The molecule has 3 rings (SSSR count). The summed E-state index contributed by atoms with van der Waals surface area (Å²) in [5.41, 5.74) is 0.300. The second-order valence-electron chi connectivity index (χ2n) is 8.23. The van der Waals surface area contributed by atoms with E-state index < -0.39 is 20.6 Å². The van der Waals surface area contributed by atoms with Gasteiger partial charge < -0.3 is 9.84 Å². The first-order chi connectivity index (χ1) is 13.2. The van der Waals surface area contributed by atoms with Crippen LogP contribution in [0.25, 0.3) is 11.4 Å². The Kier molecular flexibility index (Phi) is 6.04. The fourth-order valence-corrected chi connectivity index (χ4v) is 4.05. The molecule has 1 saturated carbocycles. The van der Waals surface area contributed by atoms with Crippen molar-refractivity contribution in [2.45, 2.75) is 57.2 Å². The highest BCUT2D eigenvalue weighted by Crippen LogP contribution is 2.27. The second kappa shape index (κ2) is 8.16. The molecule has 0 bridgehead atoms. The largest absolute Gasteiger partial charge is 0.335 e. The monoisotopic (exact) mass is 410 g/mol. The van der Waals surface area contributed by atoms with Crippen molar-refractivity contribution in [1.29, 1.82) is 0 Å². The zero-order valence-corrected chi connectivity index (χ0v) is 17.2. The number of benzene rings is 1. The van der Waals surface area contributed by atoms with E-state index >= 15 is 0 Å². The van der Waals surface area contributed by atoms with Gasteiger partial charge >= 0.3 is 6.01 Å². The van der Waals surface area contributed by atoms with Crippen LogP contribution in [0.15, 0.2) is 28.8 Å². The second-order valence-corrected chi connectivity index (χ2v) is 10.7. The number of hydrogen-bond donors (Lipinski definition) is 2. The Morgan fingerprint density at radius 1 is 1.18 bits per heavy atom. The number of sulfonamides is 1. The van der Waals surface area contributed by atoms with Crippen molar-refractivity contribution in [3.05, 3.63) is 30.1 Å². The minimum Gasteiger partial charge on any atom is -0.335 e. The highest BCUT2D eigenvalue weighted by molar-refractivity contribution is 7.90. The maximum Gasteiger partial charge on any atom is 0.322 e. The Balaban J connectivity index is 1.50. The topological polar surface area (TPSA) is 97.1 Å². The van der Waals surface area contributed by atoms with E-state index in [1.807, 2.05) is 0 Å². The number of aromatic nitrogens is 2. The SMILES string of the molecule is CC(C)(C)S(=O)(=O)NC[C@H]1CC[C@H](Nc2nc(-c3ccccc3F)no2)CC1. The van der Waals surface area contributed by atoms with Gasteiger partial charge in [-0.2, -0.15) is 4.98 Å². The van der Waals surface area contributed by atoms with Gasteiger partial charge in [0, 0.05) is 12.6 Å². The van der Waals surface area contributed by atoms with Crippen molar-refractivity contribution in [1.82, 2.24) is 14.9 Å². The zero-order valence-electron chi connectivity index (χ0n) is 16.4. The van der Waals surface area contributed by atoms with Crippen LogP contribution < -0.4 is 10.0 Å². The molecule has 1 heterocycles. The van der Waals surface area contributed by atoms with Gasteiger partial charge in [-0.25, -0.2) is 17.5 Å². The van der Waals surface area contributed by atoms with Gasteiger partial charge in [0.2, 0.25) is 15.8 Å². The van der Waals surface area contributed by atoms with Crippen molar-refractivity contribution in [2.24, 2.45) is 5.92 Å². The lowest BCUT2D eigenvalue weighted by atomic mass is 9.86. The molecular formula is C19H27FN4O3S. The summed E-state index contributed by atoms with van der Waals surface area (Å²) in [6.45, 7) is 5.53. The van der Waals surface area contributed by atoms with Crippen molar-refractivity contribution < 1.29 is 17.3 Å². The van der Waals surface area contributed by atoms with Gasteiger partial charge in [-0.05, 0) is 64.5 Å². The van der Waals surface area contributed by atoms with E-state index in [1.54, 1.807) is 39.0 Å². The van der Waals surface area contributed by atoms with Crippen LogP contribution in [0.5, 0.6) is 0 Å². The Bertz CT molecular complexity index is 900. The molecule has 2 N–H and O–H groups in total. The average Bonchev–Trinajstić information content (AvgIpc) is 3.09. The molecule has 0 saturated heterocycles. The van der Waals surface area contributed by atoms with Gasteiger partial charge in [-0.3, -0.25) is 0 Å². The molecule has 9 heteroatoms. The van der Waals surface area contributed by atoms with Crippen LogP contribution in [0.1, 0.15) is 46.5 Å². The summed E-state index contributed by atoms with van der Waals surface area (Å²) < 4.78 is 45.3. The van der Waals surface area contributed by atoms with Crippen LogP contribution in [0.4, 0.5) is 10.4 Å². The van der Waals surface area contributed by atoms with E-state index in [4.69, 9.17) is 4.52 Å². The van der Waals surface area contributed by atoms with Crippen molar-refractivity contribution in [3.8, 4) is 11.4 Å². The molecule has 28 heavy (non-hydrogen) atoms. The third-order valence-electron chi connectivity index (χ3n) is 5.08. The van der Waals surface area contributed by atoms with Crippen molar-refractivity contribution in [3.63, 3.8) is 0 Å². The molecule has 1 aliphatic carbocycles. The molecular weight excluding hydrogens is 383 g/mol. The smallest absolute Gasteiger partial charge is 0.322 e. The number of nitrogens with zero attached hydrogens (tertiary/aromatic N) is 2. The lowest BCUT2D eigenvalue weighted by Crippen LogP contribution is -2.42. The Morgan fingerprint density at radius 3 is 2.50 bits per heavy atom. The molecule has 2 aromatic rings. The summed E-state index contributed by atoms with van der Waals surface area (Å²) in [6.07, 6.45) is 3.55. The number of halogens is 1. The molecule has 7 nitrogen and oxygen atoms in total. The van der Waals surface area contributed by atoms with Crippen LogP contribution in [0.2, 0.25) is 0 Å². The molecule has 1 fully saturated rings. The van der Waals surface area contributed by atoms with Gasteiger partial charge in [0.15, 0.2) is 0 Å². The predicted molar refractivity (Wildman–Crippen MR) is 106 cm³/mol. The number of hydrogen-bond acceptors (Lipinski definition) is 6. The molecule has 154 valence electrons. The summed E-state index contributed by atoms with van der Waals surface area (Å²) in [7, 11) is -3.32. The van der Waals surface area contributed by atoms with Crippen LogP contribution in [0, 0.1) is 11.7 Å². The third-order valence-corrected chi connectivity index (χ3v) is 7.24. The normalized spacial score (nSPS) is 20.9. The van der Waals surface area contributed by atoms with Gasteiger partial charge in [-0.1, -0.05) is 17.3 Å². The van der Waals surface area contributed by atoms with Crippen LogP contribution in [0.3, 0.4) is 0 Å². The maximum absolute atomic E-state index is 13.8. The molecule has 0 spiro atoms. The van der Waals surface area contributed by atoms with Crippen molar-refractivity contribution >= 4 is 16.0 Å². The zero-order chi connectivity index (χ0) is 20.4. The maximum atomic E-state index is 13.8. The molecule has 1 aromatic heterocycles. The standard InChI is InChI=1S/C19H27FN4O3S/c1-19(2,3)28(25,26)21-12-13-8-10-14(11-9-13)22-18-23-17(24-27-18)15-6-4-5-7-16(15)20/h4-7,13-14,21H,8-12H2,1-3H3,(H,22,23,24)/t13-,14-. The summed E-state index contributed by atoms with van der Waals surface area (Å²) in [6, 6.07) is 6.73. The Hall–Kier alpha value is -2.00. The summed E-state index contributed by atoms with van der Waals surface area (Å²) in [5.74, 6) is 0.130. The highest BCUT2D eigenvalue weighted by Gasteiger charge is 2.30. The van der Waals surface area contributed by atoms with E-state index in [2.05, 4.69) is 20.2 Å². The Labute approximate surface area is 165 Å². The molecule has 0 unspecified atom stereocenters. The summed E-state index contributed by atoms with van der Waals surface area (Å²) in [5, 5.41) is 7.05. The van der Waals surface area contributed by atoms with Crippen molar-refractivity contribution in [2.75, 3.05) is 11.9 Å². The molecule has 1 aliphatic rings. The molecule has 1 aromatic carbocycles. The average molecular weight is 411 g/mol. The first-order valence-electron chi connectivity index (χ1n) is 9.50. The highest BCUT2D eigenvalue weighted by atomic mass is 32.2.